The average Bonchev–Trinajstić information content (AvgIpc) is 2.98. The lowest BCUT2D eigenvalue weighted by Crippen LogP contribution is -2.41. The lowest BCUT2D eigenvalue weighted by Gasteiger charge is -2.13. The number of hydrogen-bond donors (Lipinski definition) is 3. The minimum Gasteiger partial charge on any atom is -0.357 e. The molecule has 1 fully saturated rings. The van der Waals surface area contributed by atoms with Crippen LogP contribution in [0.15, 0.2) is 29.3 Å². The van der Waals surface area contributed by atoms with E-state index in [0.29, 0.717) is 25.5 Å². The van der Waals surface area contributed by atoms with E-state index in [1.807, 2.05) is 19.1 Å². The van der Waals surface area contributed by atoms with Gasteiger partial charge in [0.25, 0.3) is 0 Å². The zero-order chi connectivity index (χ0) is 19.7. The lowest BCUT2D eigenvalue weighted by molar-refractivity contribution is -0.121. The number of carbonyl (C=O) groups is 1. The molecule has 1 atom stereocenters. The minimum atomic E-state index is -2.98. The molecule has 1 amide bonds. The molecular weight excluding hydrogens is 364 g/mol. The first-order valence-corrected chi connectivity index (χ1v) is 11.3. The van der Waals surface area contributed by atoms with E-state index in [2.05, 4.69) is 40.0 Å². The van der Waals surface area contributed by atoms with Gasteiger partial charge in [0.05, 0.1) is 18.1 Å². The standard InChI is InChI=1S/C19H30N4O3S/c1-3-15-7-5-6-8-16(15)13-22-19(20-4-2)21-11-9-18(24)23-17-10-12-27(25,26)14-17/h5-8,17H,3-4,9-14H2,1-2H3,(H,23,24)(H2,20,21,22). The summed E-state index contributed by atoms with van der Waals surface area (Å²) in [5, 5.41) is 9.13. The predicted octanol–water partition coefficient (Wildman–Crippen LogP) is 0.998. The summed E-state index contributed by atoms with van der Waals surface area (Å²) in [7, 11) is -2.98. The van der Waals surface area contributed by atoms with Gasteiger partial charge in [0.15, 0.2) is 15.8 Å². The Labute approximate surface area is 162 Å². The van der Waals surface area contributed by atoms with Gasteiger partial charge in [-0.1, -0.05) is 31.2 Å². The minimum absolute atomic E-state index is 0.0487. The molecule has 150 valence electrons. The summed E-state index contributed by atoms with van der Waals surface area (Å²) in [4.78, 5) is 16.6. The Kier molecular flexibility index (Phi) is 8.09. The molecule has 8 heteroatoms. The number of aryl methyl sites for hydroxylation is 1. The van der Waals surface area contributed by atoms with Crippen LogP contribution in [0.25, 0.3) is 0 Å². The molecule has 27 heavy (non-hydrogen) atoms. The molecule has 0 radical (unpaired) electrons. The molecule has 1 aliphatic heterocycles. The lowest BCUT2D eigenvalue weighted by atomic mass is 10.1. The van der Waals surface area contributed by atoms with Crippen molar-refractivity contribution in [2.24, 2.45) is 4.99 Å². The van der Waals surface area contributed by atoms with Gasteiger partial charge in [-0.25, -0.2) is 13.4 Å². The number of aliphatic imine (C=N–C) groups is 1. The molecule has 7 nitrogen and oxygen atoms in total. The second-order valence-electron chi connectivity index (χ2n) is 6.66. The fraction of sp³-hybridized carbons (Fsp3) is 0.579. The average molecular weight is 395 g/mol. The Morgan fingerprint density at radius 3 is 2.56 bits per heavy atom. The van der Waals surface area contributed by atoms with Crippen molar-refractivity contribution in [2.75, 3.05) is 24.6 Å². The number of amides is 1. The van der Waals surface area contributed by atoms with E-state index in [1.165, 1.54) is 11.1 Å². The van der Waals surface area contributed by atoms with Crippen LogP contribution in [0.4, 0.5) is 0 Å². The van der Waals surface area contributed by atoms with Crippen molar-refractivity contribution in [1.82, 2.24) is 16.0 Å². The van der Waals surface area contributed by atoms with E-state index in [0.717, 1.165) is 13.0 Å². The van der Waals surface area contributed by atoms with Crippen LogP contribution < -0.4 is 16.0 Å². The molecule has 0 spiro atoms. The molecule has 1 unspecified atom stereocenters. The molecule has 0 aromatic heterocycles. The zero-order valence-electron chi connectivity index (χ0n) is 16.1. The second-order valence-corrected chi connectivity index (χ2v) is 8.89. The van der Waals surface area contributed by atoms with Crippen LogP contribution in [-0.2, 0) is 27.6 Å². The van der Waals surface area contributed by atoms with Crippen molar-refractivity contribution < 1.29 is 13.2 Å². The maximum Gasteiger partial charge on any atom is 0.222 e. The van der Waals surface area contributed by atoms with Crippen molar-refractivity contribution >= 4 is 21.7 Å². The summed E-state index contributed by atoms with van der Waals surface area (Å²) in [6.45, 7) is 5.86. The highest BCUT2D eigenvalue weighted by atomic mass is 32.2. The summed E-state index contributed by atoms with van der Waals surface area (Å²) in [6.07, 6.45) is 1.74. The number of nitrogens with one attached hydrogen (secondary N) is 3. The third kappa shape index (κ3) is 7.21. The molecular formula is C19H30N4O3S. The SMILES string of the molecule is CCNC(=NCc1ccccc1CC)NCCC(=O)NC1CCS(=O)(=O)C1. The van der Waals surface area contributed by atoms with Crippen molar-refractivity contribution in [2.45, 2.75) is 45.7 Å². The number of guanidine groups is 1. The Balaban J connectivity index is 1.80. The largest absolute Gasteiger partial charge is 0.357 e. The summed E-state index contributed by atoms with van der Waals surface area (Å²) in [5.74, 6) is 0.733. The maximum atomic E-state index is 12.0. The van der Waals surface area contributed by atoms with Gasteiger partial charge in [-0.3, -0.25) is 4.79 Å². The number of rotatable bonds is 8. The highest BCUT2D eigenvalue weighted by Crippen LogP contribution is 2.11. The van der Waals surface area contributed by atoms with Crippen LogP contribution in [0.2, 0.25) is 0 Å². The fourth-order valence-electron chi connectivity index (χ4n) is 3.07. The Morgan fingerprint density at radius 1 is 1.19 bits per heavy atom. The van der Waals surface area contributed by atoms with Gasteiger partial charge in [0, 0.05) is 25.6 Å². The number of nitrogens with zero attached hydrogens (tertiary/aromatic N) is 1. The van der Waals surface area contributed by atoms with Gasteiger partial charge in [-0.2, -0.15) is 0 Å². The monoisotopic (exact) mass is 394 g/mol. The first kappa shape index (κ1) is 21.2. The van der Waals surface area contributed by atoms with Gasteiger partial charge >= 0.3 is 0 Å². The van der Waals surface area contributed by atoms with Crippen molar-refractivity contribution in [3.05, 3.63) is 35.4 Å². The molecule has 0 aliphatic carbocycles. The quantitative estimate of drug-likeness (QED) is 0.451. The van der Waals surface area contributed by atoms with E-state index >= 15 is 0 Å². The highest BCUT2D eigenvalue weighted by Gasteiger charge is 2.28. The summed E-state index contributed by atoms with van der Waals surface area (Å²) < 4.78 is 22.9. The smallest absolute Gasteiger partial charge is 0.222 e. The first-order chi connectivity index (χ1) is 12.9. The van der Waals surface area contributed by atoms with E-state index in [-0.39, 0.29) is 29.9 Å². The molecule has 3 N–H and O–H groups in total. The highest BCUT2D eigenvalue weighted by molar-refractivity contribution is 7.91. The molecule has 1 aromatic rings. The van der Waals surface area contributed by atoms with Crippen LogP contribution in [0.5, 0.6) is 0 Å². The van der Waals surface area contributed by atoms with Crippen LogP contribution in [0.3, 0.4) is 0 Å². The number of sulfone groups is 1. The molecule has 0 saturated carbocycles. The van der Waals surface area contributed by atoms with Crippen molar-refractivity contribution in [3.63, 3.8) is 0 Å². The molecule has 1 aromatic carbocycles. The number of carbonyl (C=O) groups excluding carboxylic acids is 1. The Hall–Kier alpha value is -2.09. The van der Waals surface area contributed by atoms with Crippen LogP contribution in [-0.4, -0.2) is 50.9 Å². The van der Waals surface area contributed by atoms with Crippen molar-refractivity contribution in [1.29, 1.82) is 0 Å². The normalized spacial score (nSPS) is 18.9. The predicted molar refractivity (Wildman–Crippen MR) is 108 cm³/mol. The topological polar surface area (TPSA) is 99.7 Å². The molecule has 1 aliphatic rings. The third-order valence-corrected chi connectivity index (χ3v) is 6.26. The fourth-order valence-corrected chi connectivity index (χ4v) is 4.74. The van der Waals surface area contributed by atoms with Crippen LogP contribution in [0, 0.1) is 0 Å². The Bertz CT molecular complexity index is 762. The molecule has 2 rings (SSSR count). The summed E-state index contributed by atoms with van der Waals surface area (Å²) in [5.41, 5.74) is 2.47. The molecule has 1 saturated heterocycles. The number of hydrogen-bond acceptors (Lipinski definition) is 4. The van der Waals surface area contributed by atoms with E-state index in [9.17, 15) is 13.2 Å². The van der Waals surface area contributed by atoms with Crippen LogP contribution in [0.1, 0.15) is 37.8 Å². The van der Waals surface area contributed by atoms with Gasteiger partial charge in [0.2, 0.25) is 5.91 Å². The second kappa shape index (κ2) is 10.3. The van der Waals surface area contributed by atoms with E-state index in [4.69, 9.17) is 0 Å². The van der Waals surface area contributed by atoms with E-state index < -0.39 is 9.84 Å². The van der Waals surface area contributed by atoms with Gasteiger partial charge in [-0.15, -0.1) is 0 Å². The van der Waals surface area contributed by atoms with E-state index in [1.54, 1.807) is 0 Å². The zero-order valence-corrected chi connectivity index (χ0v) is 16.9. The maximum absolute atomic E-state index is 12.0. The molecule has 1 heterocycles. The third-order valence-electron chi connectivity index (χ3n) is 4.49. The summed E-state index contributed by atoms with van der Waals surface area (Å²) >= 11 is 0. The van der Waals surface area contributed by atoms with Crippen LogP contribution >= 0.6 is 0 Å². The van der Waals surface area contributed by atoms with Gasteiger partial charge < -0.3 is 16.0 Å². The molecule has 0 bridgehead atoms. The summed E-state index contributed by atoms with van der Waals surface area (Å²) in [6, 6.07) is 7.98. The van der Waals surface area contributed by atoms with Gasteiger partial charge in [0.1, 0.15) is 0 Å². The number of benzene rings is 1. The Morgan fingerprint density at radius 2 is 1.93 bits per heavy atom. The van der Waals surface area contributed by atoms with Crippen molar-refractivity contribution in [3.8, 4) is 0 Å². The van der Waals surface area contributed by atoms with Gasteiger partial charge in [-0.05, 0) is 30.9 Å². The first-order valence-electron chi connectivity index (χ1n) is 9.52.